The van der Waals surface area contributed by atoms with Crippen LogP contribution in [0, 0.1) is 0 Å². The van der Waals surface area contributed by atoms with Crippen molar-refractivity contribution < 1.29 is 14.3 Å². The summed E-state index contributed by atoms with van der Waals surface area (Å²) in [5, 5.41) is 3.61. The molecule has 1 aromatic heterocycles. The molecule has 170 valence electrons. The molecule has 0 aliphatic carbocycles. The summed E-state index contributed by atoms with van der Waals surface area (Å²) in [6.45, 7) is 7.69. The number of piperidine rings is 1. The lowest BCUT2D eigenvalue weighted by Crippen LogP contribution is -2.47. The van der Waals surface area contributed by atoms with Gasteiger partial charge in [-0.05, 0) is 63.4 Å². The van der Waals surface area contributed by atoms with Gasteiger partial charge in [0.2, 0.25) is 5.95 Å². The number of anilines is 1. The molecular weight excluding hydrogens is 404 g/mol. The number of ether oxygens (including phenoxy) is 2. The number of aromatic nitrogens is 2. The molecule has 0 spiro atoms. The Hall–Kier alpha value is -3.22. The van der Waals surface area contributed by atoms with Crippen molar-refractivity contribution in [1.29, 1.82) is 0 Å². The van der Waals surface area contributed by atoms with Crippen LogP contribution in [0.4, 0.5) is 10.7 Å². The summed E-state index contributed by atoms with van der Waals surface area (Å²) in [6.07, 6.45) is 1.65. The molecule has 1 atom stereocenters. The first-order valence-corrected chi connectivity index (χ1v) is 11.1. The highest BCUT2D eigenvalue weighted by Gasteiger charge is 2.28. The van der Waals surface area contributed by atoms with Crippen molar-refractivity contribution in [3.05, 3.63) is 54.1 Å². The first-order chi connectivity index (χ1) is 15.3. The molecule has 1 N–H and O–H groups in total. The molecule has 7 heteroatoms. The van der Waals surface area contributed by atoms with Crippen LogP contribution in [0.5, 0.6) is 5.75 Å². The third kappa shape index (κ3) is 5.15. The van der Waals surface area contributed by atoms with Gasteiger partial charge >= 0.3 is 6.09 Å². The van der Waals surface area contributed by atoms with Crippen LogP contribution in [0.2, 0.25) is 0 Å². The summed E-state index contributed by atoms with van der Waals surface area (Å²) < 4.78 is 13.1. The third-order valence-electron chi connectivity index (χ3n) is 5.56. The summed E-state index contributed by atoms with van der Waals surface area (Å²) >= 11 is 0. The minimum Gasteiger partial charge on any atom is -0.497 e. The fourth-order valence-electron chi connectivity index (χ4n) is 4.03. The number of likely N-dealkylation sites (tertiary alicyclic amines) is 1. The van der Waals surface area contributed by atoms with E-state index in [2.05, 4.69) is 28.1 Å². The quantitative estimate of drug-likeness (QED) is 0.616. The second-order valence-corrected chi connectivity index (χ2v) is 9.27. The van der Waals surface area contributed by atoms with Gasteiger partial charge in [-0.3, -0.25) is 0 Å². The van der Waals surface area contributed by atoms with E-state index in [1.165, 1.54) is 0 Å². The van der Waals surface area contributed by atoms with Gasteiger partial charge in [-0.2, -0.15) is 0 Å². The number of carbonyl (C=O) groups is 1. The maximum absolute atomic E-state index is 12.6. The molecule has 1 aliphatic rings. The van der Waals surface area contributed by atoms with E-state index in [4.69, 9.17) is 14.5 Å². The van der Waals surface area contributed by atoms with E-state index in [1.807, 2.05) is 51.1 Å². The van der Waals surface area contributed by atoms with E-state index in [-0.39, 0.29) is 12.1 Å². The van der Waals surface area contributed by atoms with Crippen LogP contribution in [-0.2, 0) is 11.3 Å². The Labute approximate surface area is 189 Å². The van der Waals surface area contributed by atoms with Crippen LogP contribution in [-0.4, -0.2) is 52.4 Å². The summed E-state index contributed by atoms with van der Waals surface area (Å²) in [6, 6.07) is 16.4. The fourth-order valence-corrected chi connectivity index (χ4v) is 4.03. The number of para-hydroxylation sites is 2. The Balaban J connectivity index is 1.54. The lowest BCUT2D eigenvalue weighted by Gasteiger charge is -2.34. The zero-order valence-corrected chi connectivity index (χ0v) is 19.3. The van der Waals surface area contributed by atoms with Gasteiger partial charge in [0.15, 0.2) is 0 Å². The van der Waals surface area contributed by atoms with Gasteiger partial charge in [0, 0.05) is 19.1 Å². The summed E-state index contributed by atoms with van der Waals surface area (Å²) in [7, 11) is 1.67. The Morgan fingerprint density at radius 3 is 2.62 bits per heavy atom. The molecule has 1 fully saturated rings. The van der Waals surface area contributed by atoms with Crippen LogP contribution in [0.15, 0.2) is 48.5 Å². The van der Waals surface area contributed by atoms with E-state index in [0.29, 0.717) is 13.1 Å². The van der Waals surface area contributed by atoms with Crippen LogP contribution in [0.25, 0.3) is 11.0 Å². The average Bonchev–Trinajstić information content (AvgIpc) is 3.10. The summed E-state index contributed by atoms with van der Waals surface area (Å²) in [5.74, 6) is 1.66. The normalized spacial score (nSPS) is 16.8. The maximum Gasteiger partial charge on any atom is 0.410 e. The summed E-state index contributed by atoms with van der Waals surface area (Å²) in [4.78, 5) is 19.2. The third-order valence-corrected chi connectivity index (χ3v) is 5.56. The molecular formula is C25H32N4O3. The van der Waals surface area contributed by atoms with Gasteiger partial charge in [0.25, 0.3) is 0 Å². The summed E-state index contributed by atoms with van der Waals surface area (Å²) in [5.41, 5.74) is 2.69. The van der Waals surface area contributed by atoms with Crippen molar-refractivity contribution in [3.8, 4) is 5.75 Å². The first kappa shape index (κ1) is 22.0. The van der Waals surface area contributed by atoms with E-state index in [9.17, 15) is 4.79 Å². The molecule has 1 amide bonds. The molecule has 2 heterocycles. The average molecular weight is 437 g/mol. The fraction of sp³-hybridized carbons (Fsp3) is 0.440. The SMILES string of the molecule is COc1ccc(Cn2c(NC3CCCN(C(=O)OC(C)(C)C)C3)nc3ccccc32)cc1. The smallest absolute Gasteiger partial charge is 0.410 e. The van der Waals surface area contributed by atoms with Crippen molar-refractivity contribution in [3.63, 3.8) is 0 Å². The number of imidazole rings is 1. The van der Waals surface area contributed by atoms with Crippen LogP contribution in [0.3, 0.4) is 0 Å². The van der Waals surface area contributed by atoms with Crippen molar-refractivity contribution in [2.45, 2.75) is 51.8 Å². The second kappa shape index (κ2) is 9.10. The van der Waals surface area contributed by atoms with Gasteiger partial charge in [-0.25, -0.2) is 9.78 Å². The molecule has 7 nitrogen and oxygen atoms in total. The number of carbonyl (C=O) groups excluding carboxylic acids is 1. The van der Waals surface area contributed by atoms with Gasteiger partial charge < -0.3 is 24.3 Å². The molecule has 4 rings (SSSR count). The Kier molecular flexibility index (Phi) is 6.26. The standard InChI is InChI=1S/C25H32N4O3/c1-25(2,3)32-24(30)28-15-7-8-19(17-28)26-23-27-21-9-5-6-10-22(21)29(23)16-18-11-13-20(31-4)14-12-18/h5-6,9-14,19H,7-8,15-17H2,1-4H3,(H,26,27). The number of benzene rings is 2. The number of nitrogens with one attached hydrogen (secondary N) is 1. The maximum atomic E-state index is 12.6. The highest BCUT2D eigenvalue weighted by atomic mass is 16.6. The highest BCUT2D eigenvalue weighted by molar-refractivity contribution is 5.79. The molecule has 1 unspecified atom stereocenters. The number of hydrogen-bond donors (Lipinski definition) is 1. The molecule has 1 aliphatic heterocycles. The zero-order valence-electron chi connectivity index (χ0n) is 19.3. The monoisotopic (exact) mass is 436 g/mol. The van der Waals surface area contributed by atoms with Gasteiger partial charge in [0.05, 0.1) is 24.7 Å². The minimum absolute atomic E-state index is 0.114. The van der Waals surface area contributed by atoms with Gasteiger partial charge in [-0.15, -0.1) is 0 Å². The number of hydrogen-bond acceptors (Lipinski definition) is 5. The lowest BCUT2D eigenvalue weighted by molar-refractivity contribution is 0.0206. The molecule has 2 aromatic carbocycles. The second-order valence-electron chi connectivity index (χ2n) is 9.27. The Bertz CT molecular complexity index is 1070. The molecule has 32 heavy (non-hydrogen) atoms. The van der Waals surface area contributed by atoms with E-state index in [0.717, 1.165) is 47.7 Å². The number of nitrogens with zero attached hydrogens (tertiary/aromatic N) is 3. The zero-order chi connectivity index (χ0) is 22.7. The van der Waals surface area contributed by atoms with E-state index < -0.39 is 5.60 Å². The molecule has 0 bridgehead atoms. The largest absolute Gasteiger partial charge is 0.497 e. The van der Waals surface area contributed by atoms with Crippen LogP contribution < -0.4 is 10.1 Å². The Morgan fingerprint density at radius 1 is 1.16 bits per heavy atom. The predicted octanol–water partition coefficient (Wildman–Crippen LogP) is 4.90. The molecule has 0 radical (unpaired) electrons. The number of amides is 1. The molecule has 0 saturated carbocycles. The lowest BCUT2D eigenvalue weighted by atomic mass is 10.1. The first-order valence-electron chi connectivity index (χ1n) is 11.1. The van der Waals surface area contributed by atoms with Gasteiger partial charge in [0.1, 0.15) is 11.4 Å². The van der Waals surface area contributed by atoms with Gasteiger partial charge in [-0.1, -0.05) is 24.3 Å². The van der Waals surface area contributed by atoms with E-state index >= 15 is 0 Å². The van der Waals surface area contributed by atoms with Crippen molar-refractivity contribution >= 4 is 23.1 Å². The molecule has 3 aromatic rings. The van der Waals surface area contributed by atoms with Crippen molar-refractivity contribution in [2.75, 3.05) is 25.5 Å². The van der Waals surface area contributed by atoms with Crippen LogP contribution in [0.1, 0.15) is 39.2 Å². The van der Waals surface area contributed by atoms with Crippen molar-refractivity contribution in [1.82, 2.24) is 14.5 Å². The van der Waals surface area contributed by atoms with E-state index in [1.54, 1.807) is 12.0 Å². The molecule has 1 saturated heterocycles. The van der Waals surface area contributed by atoms with Crippen LogP contribution >= 0.6 is 0 Å². The minimum atomic E-state index is -0.496. The predicted molar refractivity (Wildman–Crippen MR) is 126 cm³/mol. The highest BCUT2D eigenvalue weighted by Crippen LogP contribution is 2.25. The number of methoxy groups -OCH3 is 1. The van der Waals surface area contributed by atoms with Crippen molar-refractivity contribution in [2.24, 2.45) is 0 Å². The Morgan fingerprint density at radius 2 is 1.91 bits per heavy atom. The topological polar surface area (TPSA) is 68.6 Å². The number of rotatable bonds is 5. The number of fused-ring (bicyclic) bond motifs is 1.